The Morgan fingerprint density at radius 3 is 3.00 bits per heavy atom. The molecule has 0 fully saturated rings. The second-order valence-corrected chi connectivity index (χ2v) is 8.41. The van der Waals surface area contributed by atoms with Gasteiger partial charge in [0.1, 0.15) is 17.3 Å². The first-order chi connectivity index (χ1) is 14.1. The summed E-state index contributed by atoms with van der Waals surface area (Å²) in [6.45, 7) is 6.34. The Labute approximate surface area is 173 Å². The van der Waals surface area contributed by atoms with Crippen LogP contribution in [0.1, 0.15) is 35.2 Å². The van der Waals surface area contributed by atoms with Gasteiger partial charge in [0.25, 0.3) is 5.56 Å². The summed E-state index contributed by atoms with van der Waals surface area (Å²) in [6.07, 6.45) is 8.56. The molecule has 4 rings (SSSR count). The normalized spacial score (nSPS) is 16.1. The summed E-state index contributed by atoms with van der Waals surface area (Å²) in [5, 5.41) is 0.777. The Bertz CT molecular complexity index is 1140. The van der Waals surface area contributed by atoms with Gasteiger partial charge in [0.05, 0.1) is 12.5 Å². The molecule has 29 heavy (non-hydrogen) atoms. The van der Waals surface area contributed by atoms with E-state index in [-0.39, 0.29) is 5.56 Å². The zero-order valence-electron chi connectivity index (χ0n) is 16.7. The summed E-state index contributed by atoms with van der Waals surface area (Å²) in [4.78, 5) is 22.5. The van der Waals surface area contributed by atoms with Crippen LogP contribution >= 0.6 is 11.3 Å². The van der Waals surface area contributed by atoms with Crippen LogP contribution in [0.5, 0.6) is 11.5 Å². The van der Waals surface area contributed by atoms with Crippen molar-refractivity contribution in [2.45, 2.75) is 26.2 Å². The molecule has 1 aromatic carbocycles. The summed E-state index contributed by atoms with van der Waals surface area (Å²) in [7, 11) is 1.61. The van der Waals surface area contributed by atoms with E-state index < -0.39 is 0 Å². The molecule has 0 spiro atoms. The summed E-state index contributed by atoms with van der Waals surface area (Å²) in [5.74, 6) is 2.53. The first kappa shape index (κ1) is 19.5. The molecule has 0 aliphatic heterocycles. The first-order valence-electron chi connectivity index (χ1n) is 9.73. The summed E-state index contributed by atoms with van der Waals surface area (Å²) in [6, 6.07) is 5.67. The van der Waals surface area contributed by atoms with Gasteiger partial charge in [-0.2, -0.15) is 0 Å². The molecule has 1 aliphatic carbocycles. The van der Waals surface area contributed by atoms with Crippen LogP contribution in [0.3, 0.4) is 0 Å². The number of fused-ring (bicyclic) bond motifs is 3. The predicted molar refractivity (Wildman–Crippen MR) is 119 cm³/mol. The highest BCUT2D eigenvalue weighted by Gasteiger charge is 2.22. The monoisotopic (exact) mass is 408 g/mol. The van der Waals surface area contributed by atoms with E-state index in [2.05, 4.69) is 18.5 Å². The summed E-state index contributed by atoms with van der Waals surface area (Å²) in [5.41, 5.74) is 2.08. The number of nitrogens with one attached hydrogen (secondary N) is 1. The van der Waals surface area contributed by atoms with Crippen LogP contribution in [-0.2, 0) is 12.8 Å². The molecule has 3 aromatic rings. The van der Waals surface area contributed by atoms with Crippen LogP contribution < -0.4 is 15.0 Å². The highest BCUT2D eigenvalue weighted by atomic mass is 32.1. The minimum Gasteiger partial charge on any atom is -0.493 e. The van der Waals surface area contributed by atoms with Crippen LogP contribution in [0.15, 0.2) is 35.6 Å². The quantitative estimate of drug-likeness (QED) is 0.592. The van der Waals surface area contributed by atoms with Gasteiger partial charge in [0, 0.05) is 4.88 Å². The van der Waals surface area contributed by atoms with Crippen molar-refractivity contribution in [3.8, 4) is 11.5 Å². The van der Waals surface area contributed by atoms with E-state index in [4.69, 9.17) is 14.5 Å². The zero-order valence-corrected chi connectivity index (χ0v) is 17.5. The molecule has 2 aromatic heterocycles. The van der Waals surface area contributed by atoms with Crippen molar-refractivity contribution in [3.63, 3.8) is 0 Å². The Morgan fingerprint density at radius 2 is 2.21 bits per heavy atom. The summed E-state index contributed by atoms with van der Waals surface area (Å²) >= 11 is 1.66. The molecule has 1 atom stereocenters. The van der Waals surface area contributed by atoms with Crippen molar-refractivity contribution in [1.82, 2.24) is 9.97 Å². The van der Waals surface area contributed by atoms with Gasteiger partial charge in [-0.3, -0.25) is 4.79 Å². The number of H-pyrrole nitrogens is 1. The van der Waals surface area contributed by atoms with E-state index in [1.54, 1.807) is 24.5 Å². The number of hydrogen-bond acceptors (Lipinski definition) is 5. The number of aryl methyl sites for hydroxylation is 1. The molecule has 2 heterocycles. The average molecular weight is 409 g/mol. The molecule has 0 amide bonds. The fourth-order valence-corrected chi connectivity index (χ4v) is 5.07. The number of hydrogen-bond donors (Lipinski definition) is 1. The van der Waals surface area contributed by atoms with E-state index in [0.717, 1.165) is 35.0 Å². The second kappa shape index (κ2) is 8.25. The van der Waals surface area contributed by atoms with E-state index >= 15 is 0 Å². The number of methoxy groups -OCH3 is 1. The Balaban J connectivity index is 1.63. The Morgan fingerprint density at radius 1 is 1.34 bits per heavy atom. The standard InChI is InChI=1S/C23H24N2O3S/c1-4-11-28-17-9-6-15(13-18(17)27-3)7-10-20-24-22(26)21-16-8-5-14(2)12-19(16)29-23(21)25-20/h4,6-7,9-10,13-14H,1,5,8,11-12H2,2-3H3,(H,24,25,26)/b10-7+/t14-/m1/s1. The average Bonchev–Trinajstić information content (AvgIpc) is 3.08. The molecule has 0 bridgehead atoms. The second-order valence-electron chi connectivity index (χ2n) is 7.33. The van der Waals surface area contributed by atoms with Gasteiger partial charge in [0.2, 0.25) is 0 Å². The van der Waals surface area contributed by atoms with Gasteiger partial charge >= 0.3 is 0 Å². The molecule has 1 aliphatic rings. The van der Waals surface area contributed by atoms with Crippen molar-refractivity contribution in [2.75, 3.05) is 13.7 Å². The van der Waals surface area contributed by atoms with Gasteiger partial charge in [-0.25, -0.2) is 4.98 Å². The number of ether oxygens (including phenoxy) is 2. The zero-order chi connectivity index (χ0) is 20.4. The van der Waals surface area contributed by atoms with Gasteiger partial charge in [-0.05, 0) is 54.5 Å². The molecular weight excluding hydrogens is 384 g/mol. The molecule has 6 heteroatoms. The number of thiophene rings is 1. The molecule has 150 valence electrons. The van der Waals surface area contributed by atoms with Crippen molar-refractivity contribution in [3.05, 3.63) is 63.0 Å². The smallest absolute Gasteiger partial charge is 0.260 e. The van der Waals surface area contributed by atoms with Crippen LogP contribution in [0.25, 0.3) is 22.4 Å². The third-order valence-corrected chi connectivity index (χ3v) is 6.31. The molecule has 0 unspecified atom stereocenters. The van der Waals surface area contributed by atoms with Gasteiger partial charge in [-0.15, -0.1) is 11.3 Å². The van der Waals surface area contributed by atoms with Crippen molar-refractivity contribution >= 4 is 33.7 Å². The lowest BCUT2D eigenvalue weighted by atomic mass is 9.89. The fourth-order valence-electron chi connectivity index (χ4n) is 3.68. The van der Waals surface area contributed by atoms with Crippen LogP contribution in [0.4, 0.5) is 0 Å². The maximum Gasteiger partial charge on any atom is 0.260 e. The highest BCUT2D eigenvalue weighted by Crippen LogP contribution is 2.35. The molecule has 1 N–H and O–H groups in total. The first-order valence-corrected chi connectivity index (χ1v) is 10.5. The van der Waals surface area contributed by atoms with E-state index in [9.17, 15) is 4.79 Å². The lowest BCUT2D eigenvalue weighted by Crippen LogP contribution is -2.13. The third-order valence-electron chi connectivity index (χ3n) is 5.16. The van der Waals surface area contributed by atoms with E-state index in [0.29, 0.717) is 29.8 Å². The number of rotatable bonds is 6. The summed E-state index contributed by atoms with van der Waals surface area (Å²) < 4.78 is 11.0. The number of nitrogens with zero attached hydrogens (tertiary/aromatic N) is 1. The van der Waals surface area contributed by atoms with E-state index in [1.807, 2.05) is 30.4 Å². The largest absolute Gasteiger partial charge is 0.493 e. The number of benzene rings is 1. The highest BCUT2D eigenvalue weighted by molar-refractivity contribution is 7.18. The maximum absolute atomic E-state index is 12.7. The topological polar surface area (TPSA) is 64.2 Å². The molecule has 5 nitrogen and oxygen atoms in total. The molecule has 0 saturated heterocycles. The maximum atomic E-state index is 12.7. The van der Waals surface area contributed by atoms with Gasteiger partial charge < -0.3 is 14.5 Å². The van der Waals surface area contributed by atoms with Crippen LogP contribution in [0, 0.1) is 5.92 Å². The third kappa shape index (κ3) is 3.98. The lowest BCUT2D eigenvalue weighted by molar-refractivity contribution is 0.326. The SMILES string of the molecule is C=CCOc1ccc(/C=C/c2nc3sc4c(c3c(=O)[nH]2)CC[C@@H](C)C4)cc1OC. The van der Waals surface area contributed by atoms with Crippen molar-refractivity contribution < 1.29 is 9.47 Å². The minimum atomic E-state index is -0.0487. The lowest BCUT2D eigenvalue weighted by Gasteiger charge is -2.17. The Hall–Kier alpha value is -2.86. The molecule has 0 radical (unpaired) electrons. The van der Waals surface area contributed by atoms with Crippen LogP contribution in [-0.4, -0.2) is 23.7 Å². The van der Waals surface area contributed by atoms with Crippen molar-refractivity contribution in [2.24, 2.45) is 5.92 Å². The van der Waals surface area contributed by atoms with Crippen molar-refractivity contribution in [1.29, 1.82) is 0 Å². The fraction of sp³-hybridized carbons (Fsp3) is 0.304. The minimum absolute atomic E-state index is 0.0487. The predicted octanol–water partition coefficient (Wildman–Crippen LogP) is 4.85. The van der Waals surface area contributed by atoms with Crippen LogP contribution in [0.2, 0.25) is 0 Å². The van der Waals surface area contributed by atoms with Gasteiger partial charge in [-0.1, -0.05) is 31.7 Å². The molecular formula is C23H24N2O3S. The number of aromatic nitrogens is 2. The number of aromatic amines is 1. The Kier molecular flexibility index (Phi) is 5.53. The van der Waals surface area contributed by atoms with Gasteiger partial charge in [0.15, 0.2) is 11.5 Å². The molecule has 0 saturated carbocycles. The van der Waals surface area contributed by atoms with E-state index in [1.165, 1.54) is 10.4 Å².